The molecule has 0 fully saturated rings. The van der Waals surface area contributed by atoms with E-state index in [1.54, 1.807) is 0 Å². The normalized spacial score (nSPS) is 11.1. The van der Waals surface area contributed by atoms with Gasteiger partial charge in [0.1, 0.15) is 5.65 Å². The van der Waals surface area contributed by atoms with E-state index in [1.165, 1.54) is 6.20 Å². The molecule has 0 aliphatic rings. The maximum atomic E-state index is 11.0. The van der Waals surface area contributed by atoms with E-state index in [0.717, 1.165) is 11.1 Å². The van der Waals surface area contributed by atoms with E-state index < -0.39 is 0 Å². The summed E-state index contributed by atoms with van der Waals surface area (Å²) in [6, 6.07) is 3.87. The minimum absolute atomic E-state index is 0.356. The van der Waals surface area contributed by atoms with Crippen molar-refractivity contribution in [2.24, 2.45) is 0 Å². The van der Waals surface area contributed by atoms with Gasteiger partial charge in [0.2, 0.25) is 0 Å². The first kappa shape index (κ1) is 8.87. The molecular formula is C10H11N3O. The van der Waals surface area contributed by atoms with Crippen LogP contribution in [-0.4, -0.2) is 15.0 Å². The molecule has 1 N–H and O–H groups in total. The van der Waals surface area contributed by atoms with Gasteiger partial charge in [-0.2, -0.15) is 0 Å². The number of H-pyrrole nitrogens is 1. The Bertz CT molecular complexity index is 516. The Labute approximate surface area is 81.0 Å². The van der Waals surface area contributed by atoms with Crippen LogP contribution in [0.3, 0.4) is 0 Å². The van der Waals surface area contributed by atoms with E-state index in [9.17, 15) is 4.79 Å². The van der Waals surface area contributed by atoms with Crippen LogP contribution in [0.5, 0.6) is 0 Å². The topological polar surface area (TPSA) is 58.6 Å². The second kappa shape index (κ2) is 3.21. The standard InChI is InChI=1S/C10H11N3O/c1-6(2)8-4-3-7-5-11-10(14)13-9(7)12-8/h3-6H,1-2H3,(H,11,12,13,14). The third kappa shape index (κ3) is 1.51. The highest BCUT2D eigenvalue weighted by Crippen LogP contribution is 2.14. The lowest BCUT2D eigenvalue weighted by atomic mass is 10.1. The van der Waals surface area contributed by atoms with Crippen LogP contribution in [0.1, 0.15) is 25.5 Å². The van der Waals surface area contributed by atoms with Crippen molar-refractivity contribution < 1.29 is 0 Å². The Hall–Kier alpha value is -1.71. The number of rotatable bonds is 1. The highest BCUT2D eigenvalue weighted by molar-refractivity contribution is 5.73. The number of aromatic amines is 1. The number of hydrogen-bond acceptors (Lipinski definition) is 3. The molecule has 2 heterocycles. The Morgan fingerprint density at radius 3 is 2.86 bits per heavy atom. The average molecular weight is 189 g/mol. The summed E-state index contributed by atoms with van der Waals surface area (Å²) in [5, 5.41) is 0.856. The van der Waals surface area contributed by atoms with Crippen LogP contribution in [0.25, 0.3) is 11.0 Å². The molecule has 2 rings (SSSR count). The molecule has 0 spiro atoms. The third-order valence-electron chi connectivity index (χ3n) is 2.09. The molecule has 2 aromatic rings. The molecule has 14 heavy (non-hydrogen) atoms. The van der Waals surface area contributed by atoms with E-state index in [4.69, 9.17) is 0 Å². The minimum atomic E-state index is -0.356. The molecule has 4 heteroatoms. The van der Waals surface area contributed by atoms with Crippen molar-refractivity contribution in [1.29, 1.82) is 0 Å². The molecule has 0 aromatic carbocycles. The molecule has 0 amide bonds. The molecule has 0 saturated heterocycles. The molecule has 0 unspecified atom stereocenters. The maximum Gasteiger partial charge on any atom is 0.346 e. The predicted molar refractivity (Wildman–Crippen MR) is 54.2 cm³/mol. The van der Waals surface area contributed by atoms with Gasteiger partial charge in [0.05, 0.1) is 0 Å². The molecule has 0 atom stereocenters. The first-order valence-corrected chi connectivity index (χ1v) is 4.53. The molecule has 2 aromatic heterocycles. The number of nitrogens with zero attached hydrogens (tertiary/aromatic N) is 2. The molecule has 0 aliphatic heterocycles. The first-order valence-electron chi connectivity index (χ1n) is 4.53. The van der Waals surface area contributed by atoms with Gasteiger partial charge in [0.15, 0.2) is 0 Å². The fourth-order valence-corrected chi connectivity index (χ4v) is 1.27. The van der Waals surface area contributed by atoms with Crippen LogP contribution >= 0.6 is 0 Å². The number of aromatic nitrogens is 3. The van der Waals surface area contributed by atoms with Crippen LogP contribution in [0.2, 0.25) is 0 Å². The number of fused-ring (bicyclic) bond motifs is 1. The van der Waals surface area contributed by atoms with Crippen molar-refractivity contribution in [2.45, 2.75) is 19.8 Å². The third-order valence-corrected chi connectivity index (χ3v) is 2.09. The summed E-state index contributed by atoms with van der Waals surface area (Å²) >= 11 is 0. The van der Waals surface area contributed by atoms with Crippen molar-refractivity contribution in [1.82, 2.24) is 15.0 Å². The predicted octanol–water partition coefficient (Wildman–Crippen LogP) is 1.44. The fourth-order valence-electron chi connectivity index (χ4n) is 1.27. The van der Waals surface area contributed by atoms with Gasteiger partial charge in [-0.1, -0.05) is 13.8 Å². The van der Waals surface area contributed by atoms with Gasteiger partial charge in [-0.05, 0) is 18.1 Å². The Kier molecular flexibility index (Phi) is 2.04. The van der Waals surface area contributed by atoms with Crippen molar-refractivity contribution >= 4 is 11.0 Å². The van der Waals surface area contributed by atoms with Crippen LogP contribution in [0.4, 0.5) is 0 Å². The zero-order valence-corrected chi connectivity index (χ0v) is 8.11. The van der Waals surface area contributed by atoms with E-state index in [0.29, 0.717) is 11.6 Å². The van der Waals surface area contributed by atoms with Gasteiger partial charge in [0.25, 0.3) is 0 Å². The summed E-state index contributed by atoms with van der Waals surface area (Å²) in [6.45, 7) is 4.13. The molecule has 4 nitrogen and oxygen atoms in total. The van der Waals surface area contributed by atoms with Gasteiger partial charge in [-0.25, -0.2) is 14.8 Å². The lowest BCUT2D eigenvalue weighted by Crippen LogP contribution is -2.10. The Balaban J connectivity index is 2.69. The summed E-state index contributed by atoms with van der Waals surface area (Å²) < 4.78 is 0. The lowest BCUT2D eigenvalue weighted by molar-refractivity contribution is 0.826. The SMILES string of the molecule is CC(C)c1ccc2cnc(=O)[nH]c2n1. The Morgan fingerprint density at radius 1 is 1.36 bits per heavy atom. The summed E-state index contributed by atoms with van der Waals surface area (Å²) in [7, 11) is 0. The van der Waals surface area contributed by atoms with E-state index >= 15 is 0 Å². The van der Waals surface area contributed by atoms with Crippen LogP contribution in [-0.2, 0) is 0 Å². The summed E-state index contributed by atoms with van der Waals surface area (Å²) in [6.07, 6.45) is 1.53. The molecule has 0 aliphatic carbocycles. The zero-order chi connectivity index (χ0) is 10.1. The van der Waals surface area contributed by atoms with Gasteiger partial charge in [0, 0.05) is 17.3 Å². The number of nitrogens with one attached hydrogen (secondary N) is 1. The molecule has 0 bridgehead atoms. The average Bonchev–Trinajstić information content (AvgIpc) is 2.16. The minimum Gasteiger partial charge on any atom is -0.290 e. The van der Waals surface area contributed by atoms with Gasteiger partial charge in [-0.3, -0.25) is 4.98 Å². The molecular weight excluding hydrogens is 178 g/mol. The number of pyridine rings is 1. The van der Waals surface area contributed by atoms with E-state index in [1.807, 2.05) is 12.1 Å². The summed E-state index contributed by atoms with van der Waals surface area (Å²) in [5.41, 5.74) is 1.22. The maximum absolute atomic E-state index is 11.0. The Morgan fingerprint density at radius 2 is 2.14 bits per heavy atom. The molecule has 72 valence electrons. The van der Waals surface area contributed by atoms with Crippen LogP contribution in [0, 0.1) is 0 Å². The largest absolute Gasteiger partial charge is 0.346 e. The monoisotopic (exact) mass is 189 g/mol. The summed E-state index contributed by atoms with van der Waals surface area (Å²) in [4.78, 5) is 21.5. The van der Waals surface area contributed by atoms with Crippen LogP contribution < -0.4 is 5.69 Å². The quantitative estimate of drug-likeness (QED) is 0.738. The second-order valence-electron chi connectivity index (χ2n) is 3.52. The lowest BCUT2D eigenvalue weighted by Gasteiger charge is -2.04. The molecule has 0 saturated carbocycles. The smallest absolute Gasteiger partial charge is 0.290 e. The number of hydrogen-bond donors (Lipinski definition) is 1. The van der Waals surface area contributed by atoms with Crippen molar-refractivity contribution in [3.8, 4) is 0 Å². The van der Waals surface area contributed by atoms with E-state index in [-0.39, 0.29) is 5.69 Å². The van der Waals surface area contributed by atoms with Gasteiger partial charge in [-0.15, -0.1) is 0 Å². The van der Waals surface area contributed by atoms with Crippen LogP contribution in [0.15, 0.2) is 23.1 Å². The highest BCUT2D eigenvalue weighted by atomic mass is 16.1. The first-order chi connectivity index (χ1) is 6.66. The van der Waals surface area contributed by atoms with Gasteiger partial charge < -0.3 is 0 Å². The van der Waals surface area contributed by atoms with Crippen molar-refractivity contribution in [3.63, 3.8) is 0 Å². The van der Waals surface area contributed by atoms with Gasteiger partial charge >= 0.3 is 5.69 Å². The van der Waals surface area contributed by atoms with Crippen molar-refractivity contribution in [3.05, 3.63) is 34.5 Å². The van der Waals surface area contributed by atoms with Crippen molar-refractivity contribution in [2.75, 3.05) is 0 Å². The van der Waals surface area contributed by atoms with E-state index in [2.05, 4.69) is 28.8 Å². The highest BCUT2D eigenvalue weighted by Gasteiger charge is 2.02. The fraction of sp³-hybridized carbons (Fsp3) is 0.300. The zero-order valence-electron chi connectivity index (χ0n) is 8.11. The molecule has 0 radical (unpaired) electrons. The summed E-state index contributed by atoms with van der Waals surface area (Å²) in [5.74, 6) is 0.357. The second-order valence-corrected chi connectivity index (χ2v) is 3.52.